The Morgan fingerprint density at radius 3 is 2.33 bits per heavy atom. The summed E-state index contributed by atoms with van der Waals surface area (Å²) in [7, 11) is 1.58. The van der Waals surface area contributed by atoms with Crippen LogP contribution in [0.25, 0.3) is 0 Å². The first-order chi connectivity index (χ1) is 23.4. The molecule has 48 heavy (non-hydrogen) atoms. The lowest BCUT2D eigenvalue weighted by molar-refractivity contribution is -0.115. The highest BCUT2D eigenvalue weighted by Crippen LogP contribution is 2.44. The average molecular weight is 677 g/mol. The standard InChI is InChI=1S/C39H36N2O5S2/c1-3-46-39(44)34-32-22-19-28(25-11-6-4-7-12-25)23-33(32)48-38(34)41-37(43)35(26-13-8-5-9-14-26)47-31-16-10-15-29(24-31)40-36(42)27-17-20-30(45-2)21-18-27/h4-18,20-21,24,28,35H,3,19,22-23H2,1-2H3,(H,40,42)(H,41,43). The Hall–Kier alpha value is -4.86. The van der Waals surface area contributed by atoms with Crippen molar-refractivity contribution >= 4 is 51.6 Å². The lowest BCUT2D eigenvalue weighted by atomic mass is 9.83. The number of thiophene rings is 1. The highest BCUT2D eigenvalue weighted by Gasteiger charge is 2.32. The summed E-state index contributed by atoms with van der Waals surface area (Å²) in [4.78, 5) is 42.3. The number of methoxy groups -OCH3 is 1. The number of hydrogen-bond donors (Lipinski definition) is 2. The number of anilines is 2. The fraction of sp³-hybridized carbons (Fsp3) is 0.205. The van der Waals surface area contributed by atoms with Crippen LogP contribution in [0.5, 0.6) is 5.75 Å². The van der Waals surface area contributed by atoms with E-state index in [1.165, 1.54) is 28.7 Å². The molecule has 1 aromatic heterocycles. The smallest absolute Gasteiger partial charge is 0.341 e. The van der Waals surface area contributed by atoms with Crippen molar-refractivity contribution in [3.8, 4) is 5.75 Å². The summed E-state index contributed by atoms with van der Waals surface area (Å²) in [6, 6.07) is 34.3. The molecule has 0 saturated heterocycles. The van der Waals surface area contributed by atoms with Crippen molar-refractivity contribution in [1.82, 2.24) is 0 Å². The monoisotopic (exact) mass is 676 g/mol. The summed E-state index contributed by atoms with van der Waals surface area (Å²) in [5.74, 6) is 0.111. The summed E-state index contributed by atoms with van der Waals surface area (Å²) in [6.45, 7) is 2.04. The first-order valence-electron chi connectivity index (χ1n) is 15.9. The lowest BCUT2D eigenvalue weighted by Crippen LogP contribution is -2.20. The number of hydrogen-bond acceptors (Lipinski definition) is 7. The van der Waals surface area contributed by atoms with Gasteiger partial charge in [-0.05, 0) is 91.3 Å². The summed E-state index contributed by atoms with van der Waals surface area (Å²) in [6.07, 6.45) is 2.46. The van der Waals surface area contributed by atoms with E-state index in [1.807, 2.05) is 60.7 Å². The summed E-state index contributed by atoms with van der Waals surface area (Å²) < 4.78 is 10.7. The van der Waals surface area contributed by atoms with Gasteiger partial charge in [0.15, 0.2) is 0 Å². The zero-order chi connectivity index (χ0) is 33.5. The molecule has 7 nitrogen and oxygen atoms in total. The van der Waals surface area contributed by atoms with Crippen LogP contribution in [-0.2, 0) is 22.4 Å². The molecular formula is C39H36N2O5S2. The van der Waals surface area contributed by atoms with Crippen LogP contribution >= 0.6 is 23.1 Å². The minimum absolute atomic E-state index is 0.247. The quantitative estimate of drug-likeness (QED) is 0.107. The molecule has 9 heteroatoms. The molecule has 0 saturated carbocycles. The molecule has 1 aliphatic carbocycles. The second kappa shape index (κ2) is 15.4. The zero-order valence-corrected chi connectivity index (χ0v) is 28.4. The van der Waals surface area contributed by atoms with Gasteiger partial charge >= 0.3 is 5.97 Å². The maximum atomic E-state index is 14.2. The van der Waals surface area contributed by atoms with Gasteiger partial charge in [-0.25, -0.2) is 4.79 Å². The predicted molar refractivity (Wildman–Crippen MR) is 193 cm³/mol. The highest BCUT2D eigenvalue weighted by atomic mass is 32.2. The van der Waals surface area contributed by atoms with E-state index in [-0.39, 0.29) is 18.4 Å². The Labute approximate surface area is 288 Å². The fourth-order valence-electron chi connectivity index (χ4n) is 5.91. The minimum Gasteiger partial charge on any atom is -0.497 e. The van der Waals surface area contributed by atoms with E-state index in [0.29, 0.717) is 33.5 Å². The van der Waals surface area contributed by atoms with Crippen LogP contribution in [0.4, 0.5) is 10.7 Å². The Morgan fingerprint density at radius 2 is 1.62 bits per heavy atom. The van der Waals surface area contributed by atoms with Crippen LogP contribution in [0.1, 0.15) is 66.8 Å². The summed E-state index contributed by atoms with van der Waals surface area (Å²) >= 11 is 2.85. The molecule has 244 valence electrons. The van der Waals surface area contributed by atoms with Crippen molar-refractivity contribution in [2.45, 2.75) is 42.2 Å². The van der Waals surface area contributed by atoms with Crippen LogP contribution in [0.15, 0.2) is 114 Å². The third-order valence-electron chi connectivity index (χ3n) is 8.29. The first-order valence-corrected chi connectivity index (χ1v) is 17.6. The number of fused-ring (bicyclic) bond motifs is 1. The van der Waals surface area contributed by atoms with Crippen molar-refractivity contribution in [2.24, 2.45) is 0 Å². The third kappa shape index (κ3) is 7.64. The number of nitrogens with one attached hydrogen (secondary N) is 2. The molecule has 5 aromatic rings. The zero-order valence-electron chi connectivity index (χ0n) is 26.7. The van der Waals surface area contributed by atoms with Crippen LogP contribution in [-0.4, -0.2) is 31.5 Å². The van der Waals surface area contributed by atoms with Gasteiger partial charge in [0, 0.05) is 21.0 Å². The average Bonchev–Trinajstić information content (AvgIpc) is 3.48. The number of amides is 2. The number of esters is 1. The predicted octanol–water partition coefficient (Wildman–Crippen LogP) is 8.93. The van der Waals surface area contributed by atoms with E-state index in [4.69, 9.17) is 9.47 Å². The maximum absolute atomic E-state index is 14.2. The highest BCUT2D eigenvalue weighted by molar-refractivity contribution is 8.00. The largest absolute Gasteiger partial charge is 0.497 e. The molecule has 2 N–H and O–H groups in total. The maximum Gasteiger partial charge on any atom is 0.341 e. The van der Waals surface area contributed by atoms with Crippen LogP contribution in [0, 0.1) is 0 Å². The normalized spacial score (nSPS) is 14.3. The van der Waals surface area contributed by atoms with E-state index in [9.17, 15) is 14.4 Å². The molecule has 2 amide bonds. The number of carbonyl (C=O) groups excluding carboxylic acids is 3. The Kier molecular flexibility index (Phi) is 10.6. The van der Waals surface area contributed by atoms with Gasteiger partial charge in [0.05, 0.1) is 19.3 Å². The number of thioether (sulfide) groups is 1. The van der Waals surface area contributed by atoms with Crippen molar-refractivity contribution in [2.75, 3.05) is 24.4 Å². The van der Waals surface area contributed by atoms with Gasteiger partial charge in [0.1, 0.15) is 16.0 Å². The second-order valence-electron chi connectivity index (χ2n) is 11.4. The Bertz CT molecular complexity index is 1890. The van der Waals surface area contributed by atoms with E-state index in [1.54, 1.807) is 38.3 Å². The number of benzene rings is 4. The molecule has 1 heterocycles. The lowest BCUT2D eigenvalue weighted by Gasteiger charge is -2.23. The first kappa shape index (κ1) is 33.1. The molecule has 0 radical (unpaired) electrons. The van der Waals surface area contributed by atoms with Crippen LogP contribution < -0.4 is 15.4 Å². The fourth-order valence-corrected chi connectivity index (χ4v) is 8.31. The van der Waals surface area contributed by atoms with Crippen molar-refractivity contribution in [1.29, 1.82) is 0 Å². The van der Waals surface area contributed by atoms with Gasteiger partial charge in [-0.1, -0.05) is 66.7 Å². The second-order valence-corrected chi connectivity index (χ2v) is 13.7. The Balaban J connectivity index is 1.25. The van der Waals surface area contributed by atoms with E-state index in [0.717, 1.165) is 40.2 Å². The molecule has 0 aliphatic heterocycles. The molecule has 6 rings (SSSR count). The molecule has 1 aliphatic rings. The van der Waals surface area contributed by atoms with Crippen LogP contribution in [0.3, 0.4) is 0 Å². The van der Waals surface area contributed by atoms with Gasteiger partial charge in [-0.3, -0.25) is 9.59 Å². The SMILES string of the molecule is CCOC(=O)c1c(NC(=O)C(Sc2cccc(NC(=O)c3ccc(OC)cc3)c2)c2ccccc2)sc2c1CCC(c1ccccc1)C2. The summed E-state index contributed by atoms with van der Waals surface area (Å²) in [5.41, 5.74) is 4.65. The van der Waals surface area contributed by atoms with Crippen LogP contribution in [0.2, 0.25) is 0 Å². The molecule has 2 atom stereocenters. The molecule has 0 fully saturated rings. The molecule has 4 aromatic carbocycles. The summed E-state index contributed by atoms with van der Waals surface area (Å²) in [5, 5.41) is 5.98. The van der Waals surface area contributed by atoms with Gasteiger partial charge < -0.3 is 20.1 Å². The number of carbonyl (C=O) groups is 3. The van der Waals surface area contributed by atoms with Gasteiger partial charge in [-0.2, -0.15) is 0 Å². The van der Waals surface area contributed by atoms with Crippen molar-refractivity contribution < 1.29 is 23.9 Å². The molecule has 2 unspecified atom stereocenters. The van der Waals surface area contributed by atoms with Crippen molar-refractivity contribution in [3.63, 3.8) is 0 Å². The topological polar surface area (TPSA) is 93.7 Å². The van der Waals surface area contributed by atoms with E-state index in [2.05, 4.69) is 34.9 Å². The number of rotatable bonds is 11. The van der Waals surface area contributed by atoms with Gasteiger partial charge in [0.2, 0.25) is 5.91 Å². The van der Waals surface area contributed by atoms with Crippen molar-refractivity contribution in [3.05, 3.63) is 142 Å². The van der Waals surface area contributed by atoms with E-state index < -0.39 is 11.2 Å². The molecule has 0 spiro atoms. The van der Waals surface area contributed by atoms with Gasteiger partial charge in [0.25, 0.3) is 5.91 Å². The van der Waals surface area contributed by atoms with Gasteiger partial charge in [-0.15, -0.1) is 23.1 Å². The van der Waals surface area contributed by atoms with E-state index >= 15 is 0 Å². The molecule has 0 bridgehead atoms. The minimum atomic E-state index is -0.634. The third-order valence-corrected chi connectivity index (χ3v) is 10.7. The Morgan fingerprint density at radius 1 is 0.896 bits per heavy atom. The number of ether oxygens (including phenoxy) is 2. The molecular weight excluding hydrogens is 641 g/mol.